The van der Waals surface area contributed by atoms with E-state index in [-0.39, 0.29) is 11.6 Å². The number of nitrogens with one attached hydrogen (secondary N) is 1. The van der Waals surface area contributed by atoms with Gasteiger partial charge < -0.3 is 5.32 Å². The van der Waals surface area contributed by atoms with Gasteiger partial charge in [-0.25, -0.2) is 17.2 Å². The zero-order chi connectivity index (χ0) is 22.8. The summed E-state index contributed by atoms with van der Waals surface area (Å²) in [5.41, 5.74) is -4.73. The molecule has 0 bridgehead atoms. The number of piperidine rings is 1. The van der Waals surface area contributed by atoms with Gasteiger partial charge in [-0.15, -0.1) is 0 Å². The van der Waals surface area contributed by atoms with Crippen LogP contribution in [0.2, 0.25) is 0 Å². The summed E-state index contributed by atoms with van der Waals surface area (Å²) in [5, 5.41) is 2.78. The molecule has 1 aliphatic rings. The first-order valence-electron chi connectivity index (χ1n) is 9.36. The number of amides is 1. The summed E-state index contributed by atoms with van der Waals surface area (Å²) in [4.78, 5) is 13.4. The average Bonchev–Trinajstić information content (AvgIpc) is 2.71. The number of benzene rings is 2. The molecule has 1 fully saturated rings. The first-order chi connectivity index (χ1) is 14.5. The molecule has 0 spiro atoms. The van der Waals surface area contributed by atoms with Crippen molar-refractivity contribution in [3.63, 3.8) is 0 Å². The molecule has 2 aromatic rings. The third-order valence-electron chi connectivity index (χ3n) is 5.04. The lowest BCUT2D eigenvalue weighted by molar-refractivity contribution is -0.0436. The first-order valence-corrected chi connectivity index (χ1v) is 10.8. The van der Waals surface area contributed by atoms with E-state index in [1.165, 1.54) is 6.07 Å². The normalized spacial score (nSPS) is 16.3. The van der Waals surface area contributed by atoms with E-state index in [9.17, 15) is 35.2 Å². The molecule has 0 aliphatic carbocycles. The Morgan fingerprint density at radius 2 is 1.61 bits per heavy atom. The smallest absolute Gasteiger partial charge is 0.349 e. The van der Waals surface area contributed by atoms with Crippen molar-refractivity contribution >= 4 is 15.7 Å². The van der Waals surface area contributed by atoms with E-state index >= 15 is 0 Å². The van der Waals surface area contributed by atoms with Crippen LogP contribution >= 0.6 is 0 Å². The van der Waals surface area contributed by atoms with E-state index in [2.05, 4.69) is 5.32 Å². The van der Waals surface area contributed by atoms with Crippen LogP contribution in [-0.2, 0) is 16.4 Å². The van der Waals surface area contributed by atoms with Gasteiger partial charge in [0.25, 0.3) is 15.7 Å². The van der Waals surface area contributed by atoms with E-state index in [0.717, 1.165) is 36.4 Å². The number of nitrogens with zero attached hydrogens (tertiary/aromatic N) is 1. The van der Waals surface area contributed by atoms with E-state index in [0.29, 0.717) is 38.0 Å². The van der Waals surface area contributed by atoms with Crippen LogP contribution in [0.5, 0.6) is 0 Å². The second-order valence-electron chi connectivity index (χ2n) is 7.25. The Bertz CT molecular complexity index is 1050. The number of sulfone groups is 1. The highest BCUT2D eigenvalue weighted by atomic mass is 32.2. The highest BCUT2D eigenvalue weighted by Gasteiger charge is 2.46. The Balaban J connectivity index is 1.53. The lowest BCUT2D eigenvalue weighted by atomic mass is 10.0. The van der Waals surface area contributed by atoms with Crippen molar-refractivity contribution in [3.8, 4) is 0 Å². The first kappa shape index (κ1) is 23.1. The minimum atomic E-state index is -5.46. The molecule has 0 atom stereocenters. The van der Waals surface area contributed by atoms with Crippen molar-refractivity contribution in [2.75, 3.05) is 13.1 Å². The maximum Gasteiger partial charge on any atom is 0.501 e. The van der Waals surface area contributed by atoms with Crippen molar-refractivity contribution in [2.24, 2.45) is 0 Å². The fraction of sp³-hybridized carbons (Fsp3) is 0.350. The molecule has 1 aliphatic heterocycles. The molecule has 1 amide bonds. The Morgan fingerprint density at radius 1 is 1.00 bits per heavy atom. The number of carbonyl (C=O) groups is 1. The summed E-state index contributed by atoms with van der Waals surface area (Å²) in [6.45, 7) is 1.65. The van der Waals surface area contributed by atoms with E-state index < -0.39 is 37.8 Å². The van der Waals surface area contributed by atoms with Crippen molar-refractivity contribution in [2.45, 2.75) is 35.8 Å². The van der Waals surface area contributed by atoms with Crippen LogP contribution in [0.4, 0.5) is 22.0 Å². The third kappa shape index (κ3) is 5.40. The van der Waals surface area contributed by atoms with Crippen molar-refractivity contribution in [3.05, 3.63) is 65.2 Å². The maximum absolute atomic E-state index is 13.3. The second-order valence-corrected chi connectivity index (χ2v) is 9.19. The largest absolute Gasteiger partial charge is 0.501 e. The van der Waals surface area contributed by atoms with Gasteiger partial charge in [-0.05, 0) is 54.8 Å². The van der Waals surface area contributed by atoms with Crippen LogP contribution in [0.3, 0.4) is 0 Å². The van der Waals surface area contributed by atoms with Crippen molar-refractivity contribution in [1.29, 1.82) is 0 Å². The predicted molar refractivity (Wildman–Crippen MR) is 102 cm³/mol. The Hall–Kier alpha value is -2.53. The molecule has 1 heterocycles. The van der Waals surface area contributed by atoms with Gasteiger partial charge in [0.2, 0.25) is 0 Å². The van der Waals surface area contributed by atoms with E-state index in [4.69, 9.17) is 0 Å². The number of hydrogen-bond acceptors (Lipinski definition) is 4. The highest BCUT2D eigenvalue weighted by molar-refractivity contribution is 7.92. The standard InChI is InChI=1S/C20H19F5N2O3S/c21-17-6-1-13(11-18(17)22)12-27-9-7-15(8-10-27)26-19(28)14-2-4-16(5-3-14)31(29,30)20(23,24)25/h1-6,11,15H,7-10,12H2,(H,26,28). The molecular formula is C20H19F5N2O3S. The molecule has 168 valence electrons. The Kier molecular flexibility index (Phi) is 6.65. The van der Waals surface area contributed by atoms with Crippen LogP contribution in [-0.4, -0.2) is 43.9 Å². The topological polar surface area (TPSA) is 66.5 Å². The molecule has 1 saturated heterocycles. The quantitative estimate of drug-likeness (QED) is 0.689. The summed E-state index contributed by atoms with van der Waals surface area (Å²) in [5.74, 6) is -2.34. The molecule has 11 heteroatoms. The lowest BCUT2D eigenvalue weighted by Crippen LogP contribution is -2.44. The zero-order valence-electron chi connectivity index (χ0n) is 16.1. The number of halogens is 5. The highest BCUT2D eigenvalue weighted by Crippen LogP contribution is 2.30. The summed E-state index contributed by atoms with van der Waals surface area (Å²) in [7, 11) is -5.46. The molecule has 0 saturated carbocycles. The SMILES string of the molecule is O=C(NC1CCN(Cc2ccc(F)c(F)c2)CC1)c1ccc(S(=O)(=O)C(F)(F)F)cc1. The molecule has 5 nitrogen and oxygen atoms in total. The van der Waals surface area contributed by atoms with Gasteiger partial charge >= 0.3 is 5.51 Å². The molecule has 31 heavy (non-hydrogen) atoms. The van der Waals surface area contributed by atoms with Gasteiger partial charge in [-0.1, -0.05) is 6.07 Å². The maximum atomic E-state index is 13.3. The van der Waals surface area contributed by atoms with Crippen LogP contribution in [0.15, 0.2) is 47.4 Å². The van der Waals surface area contributed by atoms with Crippen LogP contribution in [0, 0.1) is 11.6 Å². The minimum Gasteiger partial charge on any atom is -0.349 e. The summed E-state index contributed by atoms with van der Waals surface area (Å²) >= 11 is 0. The van der Waals surface area contributed by atoms with Gasteiger partial charge in [0.05, 0.1) is 4.90 Å². The fourth-order valence-corrected chi connectivity index (χ4v) is 4.08. The van der Waals surface area contributed by atoms with E-state index in [1.54, 1.807) is 0 Å². The van der Waals surface area contributed by atoms with Gasteiger partial charge in [-0.2, -0.15) is 13.2 Å². The van der Waals surface area contributed by atoms with Crippen LogP contribution in [0.1, 0.15) is 28.8 Å². The monoisotopic (exact) mass is 462 g/mol. The van der Waals surface area contributed by atoms with Crippen LogP contribution < -0.4 is 5.32 Å². The van der Waals surface area contributed by atoms with E-state index in [1.807, 2.05) is 4.90 Å². The van der Waals surface area contributed by atoms with Crippen LogP contribution in [0.25, 0.3) is 0 Å². The average molecular weight is 462 g/mol. The van der Waals surface area contributed by atoms with Gasteiger partial charge in [0, 0.05) is 31.2 Å². The summed E-state index contributed by atoms with van der Waals surface area (Å²) < 4.78 is 86.9. The number of carbonyl (C=O) groups excluding carboxylic acids is 1. The van der Waals surface area contributed by atoms with Gasteiger partial charge in [0.1, 0.15) is 0 Å². The van der Waals surface area contributed by atoms with Gasteiger partial charge in [-0.3, -0.25) is 9.69 Å². The molecular weight excluding hydrogens is 443 g/mol. The summed E-state index contributed by atoms with van der Waals surface area (Å²) in [6.07, 6.45) is 1.19. The second kappa shape index (κ2) is 8.91. The molecule has 2 aromatic carbocycles. The van der Waals surface area contributed by atoms with Gasteiger partial charge in [0.15, 0.2) is 11.6 Å². The number of rotatable bonds is 5. The molecule has 3 rings (SSSR count). The van der Waals surface area contributed by atoms with Crippen molar-refractivity contribution in [1.82, 2.24) is 10.2 Å². The number of alkyl halides is 3. The Morgan fingerprint density at radius 3 is 2.16 bits per heavy atom. The lowest BCUT2D eigenvalue weighted by Gasteiger charge is -2.32. The fourth-order valence-electron chi connectivity index (χ4n) is 3.32. The molecule has 0 radical (unpaired) electrons. The summed E-state index contributed by atoms with van der Waals surface area (Å²) in [6, 6.07) is 7.12. The molecule has 0 aromatic heterocycles. The molecule has 0 unspecified atom stereocenters. The number of likely N-dealkylation sites (tertiary alicyclic amines) is 1. The molecule has 1 N–H and O–H groups in total. The Labute approximate surface area is 175 Å². The predicted octanol–water partition coefficient (Wildman–Crippen LogP) is 3.65. The minimum absolute atomic E-state index is 0.0466. The van der Waals surface area contributed by atoms with Crippen molar-refractivity contribution < 1.29 is 35.2 Å². The number of hydrogen-bond donors (Lipinski definition) is 1. The third-order valence-corrected chi connectivity index (χ3v) is 6.55. The zero-order valence-corrected chi connectivity index (χ0v) is 16.9.